The van der Waals surface area contributed by atoms with Crippen LogP contribution in [0.15, 0.2) is 51.2 Å². The maximum Gasteiger partial charge on any atom is 0.337 e. The Hall–Kier alpha value is -2.81. The lowest BCUT2D eigenvalue weighted by Gasteiger charge is -2.20. The molecule has 0 radical (unpaired) electrons. The number of hydrogen-bond donors (Lipinski definition) is 2. The number of amides is 2. The number of nitrogens with one attached hydrogen (secondary N) is 2. The van der Waals surface area contributed by atoms with E-state index in [0.717, 1.165) is 5.56 Å². The van der Waals surface area contributed by atoms with Gasteiger partial charge in [0.05, 0.1) is 18.7 Å². The zero-order valence-electron chi connectivity index (χ0n) is 13.4. The second-order valence-electron chi connectivity index (χ2n) is 5.01. The molecule has 25 heavy (non-hydrogen) atoms. The average molecular weight is 360 g/mol. The zero-order valence-corrected chi connectivity index (χ0v) is 14.3. The minimum Gasteiger partial charge on any atom is -0.463 e. The number of rotatable bonds is 6. The average Bonchev–Trinajstić information content (AvgIpc) is 3.10. The number of urea groups is 1. The molecule has 2 amide bonds. The molecular weight excluding hydrogens is 344 g/mol. The van der Waals surface area contributed by atoms with Gasteiger partial charge < -0.3 is 19.8 Å². The predicted octanol–water partition coefficient (Wildman–Crippen LogP) is 1.96. The molecule has 0 unspecified atom stereocenters. The molecule has 1 aliphatic heterocycles. The largest absolute Gasteiger partial charge is 0.463 e. The first kappa shape index (κ1) is 17.0. The van der Waals surface area contributed by atoms with Crippen LogP contribution in [-0.2, 0) is 9.53 Å². The molecule has 8 nitrogen and oxygen atoms in total. The maximum absolute atomic E-state index is 12.0. The summed E-state index contributed by atoms with van der Waals surface area (Å²) in [4.78, 5) is 23.5. The van der Waals surface area contributed by atoms with Gasteiger partial charge in [0, 0.05) is 17.0 Å². The fourth-order valence-electron chi connectivity index (χ4n) is 2.17. The lowest BCUT2D eigenvalue weighted by atomic mass is 10.2. The number of aromatic nitrogens is 2. The second kappa shape index (κ2) is 7.84. The van der Waals surface area contributed by atoms with Gasteiger partial charge in [-0.3, -0.25) is 0 Å². The van der Waals surface area contributed by atoms with Crippen molar-refractivity contribution in [3.63, 3.8) is 0 Å². The van der Waals surface area contributed by atoms with E-state index in [1.54, 1.807) is 6.92 Å². The lowest BCUT2D eigenvalue weighted by molar-refractivity contribution is -0.138. The Balaban J connectivity index is 1.71. The highest BCUT2D eigenvalue weighted by Gasteiger charge is 2.24. The van der Waals surface area contributed by atoms with E-state index in [0.29, 0.717) is 28.1 Å². The fraction of sp³-hybridized carbons (Fsp3) is 0.250. The van der Waals surface area contributed by atoms with Crippen molar-refractivity contribution in [2.75, 3.05) is 18.9 Å². The molecule has 130 valence electrons. The lowest BCUT2D eigenvalue weighted by Crippen LogP contribution is -2.44. The molecule has 9 heteroatoms. The highest BCUT2D eigenvalue weighted by atomic mass is 32.2. The summed E-state index contributed by atoms with van der Waals surface area (Å²) in [5.74, 6) is 0.260. The number of hydrogen-bond acceptors (Lipinski definition) is 7. The number of ether oxygens (including phenoxy) is 1. The first-order chi connectivity index (χ1) is 12.2. The van der Waals surface area contributed by atoms with Crippen molar-refractivity contribution in [3.8, 4) is 11.5 Å². The molecule has 0 saturated carbocycles. The van der Waals surface area contributed by atoms with Crippen molar-refractivity contribution in [1.29, 1.82) is 0 Å². The van der Waals surface area contributed by atoms with E-state index in [4.69, 9.17) is 9.15 Å². The first-order valence-corrected chi connectivity index (χ1v) is 8.61. The Bertz CT molecular complexity index is 803. The molecule has 0 atom stereocenters. The van der Waals surface area contributed by atoms with Crippen molar-refractivity contribution in [1.82, 2.24) is 20.8 Å². The van der Waals surface area contributed by atoms with Gasteiger partial charge in [0.15, 0.2) is 0 Å². The molecule has 2 heterocycles. The van der Waals surface area contributed by atoms with Crippen LogP contribution in [0.1, 0.15) is 6.92 Å². The van der Waals surface area contributed by atoms with Crippen LogP contribution in [0.4, 0.5) is 4.79 Å². The number of carbonyl (C=O) groups is 2. The molecule has 0 aliphatic carbocycles. The Morgan fingerprint density at radius 3 is 2.88 bits per heavy atom. The molecule has 0 fully saturated rings. The van der Waals surface area contributed by atoms with Crippen molar-refractivity contribution < 1.29 is 18.7 Å². The van der Waals surface area contributed by atoms with Crippen LogP contribution in [0.2, 0.25) is 0 Å². The number of benzene rings is 1. The molecule has 0 spiro atoms. The van der Waals surface area contributed by atoms with Gasteiger partial charge in [0.25, 0.3) is 5.22 Å². The monoisotopic (exact) mass is 360 g/mol. The summed E-state index contributed by atoms with van der Waals surface area (Å²) in [5.41, 5.74) is 1.69. The third kappa shape index (κ3) is 4.18. The van der Waals surface area contributed by atoms with Crippen LogP contribution in [0.3, 0.4) is 0 Å². The van der Waals surface area contributed by atoms with Crippen molar-refractivity contribution in [2.45, 2.75) is 12.1 Å². The molecular formula is C16H16N4O4S. The number of nitrogens with zero attached hydrogens (tertiary/aromatic N) is 2. The van der Waals surface area contributed by atoms with Crippen molar-refractivity contribution >= 4 is 23.8 Å². The van der Waals surface area contributed by atoms with Crippen LogP contribution >= 0.6 is 11.8 Å². The van der Waals surface area contributed by atoms with Gasteiger partial charge in [-0.1, -0.05) is 30.0 Å². The summed E-state index contributed by atoms with van der Waals surface area (Å²) in [6, 6.07) is 9.05. The van der Waals surface area contributed by atoms with E-state index in [-0.39, 0.29) is 19.2 Å². The van der Waals surface area contributed by atoms with E-state index in [9.17, 15) is 9.59 Å². The van der Waals surface area contributed by atoms with Crippen molar-refractivity contribution in [3.05, 3.63) is 41.6 Å². The van der Waals surface area contributed by atoms with E-state index < -0.39 is 5.97 Å². The Morgan fingerprint density at radius 1 is 1.32 bits per heavy atom. The molecule has 2 N–H and O–H groups in total. The van der Waals surface area contributed by atoms with Crippen molar-refractivity contribution in [2.24, 2.45) is 0 Å². The molecule has 1 aromatic carbocycles. The van der Waals surface area contributed by atoms with Crippen LogP contribution in [0.25, 0.3) is 11.5 Å². The van der Waals surface area contributed by atoms with Gasteiger partial charge in [-0.2, -0.15) is 0 Å². The van der Waals surface area contributed by atoms with Gasteiger partial charge >= 0.3 is 12.0 Å². The Morgan fingerprint density at radius 2 is 2.12 bits per heavy atom. The predicted molar refractivity (Wildman–Crippen MR) is 90.7 cm³/mol. The minimum atomic E-state index is -0.457. The summed E-state index contributed by atoms with van der Waals surface area (Å²) >= 11 is 1.24. The van der Waals surface area contributed by atoms with Crippen LogP contribution in [0.5, 0.6) is 0 Å². The molecule has 3 rings (SSSR count). The molecule has 0 saturated heterocycles. The third-order valence-electron chi connectivity index (χ3n) is 3.34. The summed E-state index contributed by atoms with van der Waals surface area (Å²) in [6.45, 7) is 2.12. The van der Waals surface area contributed by atoms with E-state index in [2.05, 4.69) is 20.8 Å². The van der Waals surface area contributed by atoms with Gasteiger partial charge in [0.1, 0.15) is 0 Å². The van der Waals surface area contributed by atoms with E-state index in [1.807, 2.05) is 30.3 Å². The molecule has 0 bridgehead atoms. The standard InChI is InChI=1S/C16H16N4O4S/c1-2-23-14(21)11-8-17-15(22)18-12(11)9-25-16-20-19-13(24-16)10-6-4-3-5-7-10/h3-7H,2,8-9H2,1H3,(H2,17,18,22). The second-order valence-corrected chi connectivity index (χ2v) is 5.94. The summed E-state index contributed by atoms with van der Waals surface area (Å²) in [6.07, 6.45) is 0. The minimum absolute atomic E-state index is 0.125. The summed E-state index contributed by atoms with van der Waals surface area (Å²) in [7, 11) is 0. The fourth-order valence-corrected chi connectivity index (χ4v) is 2.92. The number of thioether (sulfide) groups is 1. The first-order valence-electron chi connectivity index (χ1n) is 7.63. The number of esters is 1. The highest BCUT2D eigenvalue weighted by Crippen LogP contribution is 2.25. The quantitative estimate of drug-likeness (QED) is 0.599. The highest BCUT2D eigenvalue weighted by molar-refractivity contribution is 7.99. The van der Waals surface area contributed by atoms with Crippen LogP contribution in [0, 0.1) is 0 Å². The summed E-state index contributed by atoms with van der Waals surface area (Å²) < 4.78 is 10.6. The van der Waals surface area contributed by atoms with Gasteiger partial charge in [0.2, 0.25) is 5.89 Å². The van der Waals surface area contributed by atoms with Gasteiger partial charge in [-0.25, -0.2) is 9.59 Å². The molecule has 1 aliphatic rings. The summed E-state index contributed by atoms with van der Waals surface area (Å²) in [5, 5.41) is 13.5. The SMILES string of the molecule is CCOC(=O)C1=C(CSc2nnc(-c3ccccc3)o2)NC(=O)NC1. The van der Waals surface area contributed by atoms with Gasteiger partial charge in [-0.05, 0) is 19.1 Å². The topological polar surface area (TPSA) is 106 Å². The Labute approximate surface area is 148 Å². The van der Waals surface area contributed by atoms with Gasteiger partial charge in [-0.15, -0.1) is 10.2 Å². The Kier molecular flexibility index (Phi) is 5.34. The van der Waals surface area contributed by atoms with Crippen LogP contribution in [-0.4, -0.2) is 41.1 Å². The molecule has 2 aromatic rings. The zero-order chi connectivity index (χ0) is 17.6. The smallest absolute Gasteiger partial charge is 0.337 e. The van der Waals surface area contributed by atoms with Crippen LogP contribution < -0.4 is 10.6 Å². The molecule has 1 aromatic heterocycles. The number of carbonyl (C=O) groups excluding carboxylic acids is 2. The maximum atomic E-state index is 12.0. The third-order valence-corrected chi connectivity index (χ3v) is 4.19. The van der Waals surface area contributed by atoms with E-state index >= 15 is 0 Å². The van der Waals surface area contributed by atoms with E-state index in [1.165, 1.54) is 11.8 Å². The normalized spacial score (nSPS) is 14.0.